The lowest BCUT2D eigenvalue weighted by Crippen LogP contribution is -2.38. The predicted octanol–water partition coefficient (Wildman–Crippen LogP) is 2.65. The summed E-state index contributed by atoms with van der Waals surface area (Å²) < 4.78 is 55.5. The molecule has 2 unspecified atom stereocenters. The van der Waals surface area contributed by atoms with Gasteiger partial charge in [0.05, 0.1) is 23.3 Å². The molecule has 156 valence electrons. The molecule has 0 aromatic carbocycles. The van der Waals surface area contributed by atoms with E-state index in [4.69, 9.17) is 5.73 Å². The SMILES string of the molecule is Cc1c(N2CC(N)C(C(F)(F)F)C2)c(F)cn2c(=O)c(C(=O)O)cc(C3CC3)c12. The van der Waals surface area contributed by atoms with Gasteiger partial charge < -0.3 is 15.7 Å². The highest BCUT2D eigenvalue weighted by molar-refractivity contribution is 5.89. The smallest absolute Gasteiger partial charge is 0.395 e. The lowest BCUT2D eigenvalue weighted by molar-refractivity contribution is -0.171. The van der Waals surface area contributed by atoms with Crippen LogP contribution in [0.2, 0.25) is 0 Å². The second-order valence-corrected chi connectivity index (χ2v) is 7.78. The maximum absolute atomic E-state index is 15.0. The molecule has 6 nitrogen and oxygen atoms in total. The number of carboxylic acid groups (broad SMARTS) is 1. The molecular formula is C19H19F4N3O3. The molecule has 29 heavy (non-hydrogen) atoms. The van der Waals surface area contributed by atoms with Gasteiger partial charge in [-0.1, -0.05) is 0 Å². The largest absolute Gasteiger partial charge is 0.477 e. The van der Waals surface area contributed by atoms with Crippen molar-refractivity contribution in [1.29, 1.82) is 0 Å². The molecule has 10 heteroatoms. The van der Waals surface area contributed by atoms with E-state index in [0.717, 1.165) is 23.4 Å². The monoisotopic (exact) mass is 413 g/mol. The lowest BCUT2D eigenvalue weighted by Gasteiger charge is -2.24. The number of pyridine rings is 2. The highest BCUT2D eigenvalue weighted by atomic mass is 19.4. The Labute approximate surface area is 162 Å². The van der Waals surface area contributed by atoms with Crippen LogP contribution in [0.4, 0.5) is 23.2 Å². The van der Waals surface area contributed by atoms with Crippen LogP contribution in [0.1, 0.15) is 40.2 Å². The maximum atomic E-state index is 15.0. The molecule has 2 aliphatic rings. The Kier molecular flexibility index (Phi) is 4.38. The van der Waals surface area contributed by atoms with Crippen LogP contribution in [-0.2, 0) is 0 Å². The average Bonchev–Trinajstić information content (AvgIpc) is 3.37. The Bertz CT molecular complexity index is 1080. The summed E-state index contributed by atoms with van der Waals surface area (Å²) in [6.07, 6.45) is -2.04. The van der Waals surface area contributed by atoms with Gasteiger partial charge in [-0.25, -0.2) is 9.18 Å². The number of nitrogens with two attached hydrogens (primary N) is 1. The van der Waals surface area contributed by atoms with E-state index in [1.807, 2.05) is 0 Å². The number of alkyl halides is 3. The molecule has 1 aliphatic heterocycles. The summed E-state index contributed by atoms with van der Waals surface area (Å²) in [5.41, 5.74) is 5.54. The van der Waals surface area contributed by atoms with Crippen molar-refractivity contribution < 1.29 is 27.5 Å². The molecule has 1 saturated heterocycles. The van der Waals surface area contributed by atoms with E-state index in [1.165, 1.54) is 17.9 Å². The first-order valence-corrected chi connectivity index (χ1v) is 9.19. The minimum atomic E-state index is -4.50. The predicted molar refractivity (Wildman–Crippen MR) is 97.0 cm³/mol. The second kappa shape index (κ2) is 6.45. The number of aromatic nitrogens is 1. The van der Waals surface area contributed by atoms with Crippen LogP contribution in [-0.4, -0.2) is 40.8 Å². The molecule has 0 radical (unpaired) electrons. The van der Waals surface area contributed by atoms with Crippen molar-refractivity contribution in [2.24, 2.45) is 11.7 Å². The number of aryl methyl sites for hydroxylation is 1. The second-order valence-electron chi connectivity index (χ2n) is 7.78. The summed E-state index contributed by atoms with van der Waals surface area (Å²) in [6.45, 7) is 0.884. The number of hydrogen-bond acceptors (Lipinski definition) is 4. The molecule has 4 rings (SSSR count). The zero-order valence-corrected chi connectivity index (χ0v) is 15.5. The first kappa shape index (κ1) is 19.7. The maximum Gasteiger partial charge on any atom is 0.395 e. The average molecular weight is 413 g/mol. The van der Waals surface area contributed by atoms with Crippen molar-refractivity contribution in [1.82, 2.24) is 4.40 Å². The molecule has 0 spiro atoms. The van der Waals surface area contributed by atoms with Gasteiger partial charge in [-0.05, 0) is 42.9 Å². The minimum Gasteiger partial charge on any atom is -0.477 e. The molecule has 3 N–H and O–H groups in total. The van der Waals surface area contributed by atoms with E-state index in [9.17, 15) is 32.3 Å². The standard InChI is InChI=1S/C19H19F4N3O3/c1-8-15-10(9-2-3-9)4-11(18(28)29)17(27)26(15)6-13(20)16(8)25-5-12(14(24)7-25)19(21,22)23/h4,6,9,12,14H,2-3,5,7,24H2,1H3,(H,28,29). The summed E-state index contributed by atoms with van der Waals surface area (Å²) in [4.78, 5) is 25.3. The normalized spacial score (nSPS) is 22.5. The Morgan fingerprint density at radius 1 is 1.28 bits per heavy atom. The molecule has 0 amide bonds. The molecule has 2 atom stereocenters. The molecular weight excluding hydrogens is 394 g/mol. The molecule has 1 aliphatic carbocycles. The van der Waals surface area contributed by atoms with Crippen molar-refractivity contribution in [2.75, 3.05) is 18.0 Å². The molecule has 2 fully saturated rings. The first-order valence-electron chi connectivity index (χ1n) is 9.19. The van der Waals surface area contributed by atoms with Gasteiger partial charge in [0.1, 0.15) is 5.56 Å². The highest BCUT2D eigenvalue weighted by Gasteiger charge is 2.49. The van der Waals surface area contributed by atoms with Crippen molar-refractivity contribution in [3.8, 4) is 0 Å². The van der Waals surface area contributed by atoms with Crippen LogP contribution in [0.25, 0.3) is 5.52 Å². The van der Waals surface area contributed by atoms with Crippen LogP contribution >= 0.6 is 0 Å². The van der Waals surface area contributed by atoms with Gasteiger partial charge in [0.25, 0.3) is 5.56 Å². The Morgan fingerprint density at radius 3 is 2.45 bits per heavy atom. The fourth-order valence-corrected chi connectivity index (χ4v) is 4.25. The number of nitrogens with zero attached hydrogens (tertiary/aromatic N) is 2. The number of fused-ring (bicyclic) bond motifs is 1. The number of carboxylic acids is 1. The number of anilines is 1. The first-order chi connectivity index (χ1) is 13.5. The Morgan fingerprint density at radius 2 is 1.93 bits per heavy atom. The number of hydrogen-bond donors (Lipinski definition) is 2. The van der Waals surface area contributed by atoms with E-state index in [2.05, 4.69) is 0 Å². The molecule has 2 aromatic heterocycles. The van der Waals surface area contributed by atoms with Gasteiger partial charge >= 0.3 is 12.1 Å². The van der Waals surface area contributed by atoms with Crippen LogP contribution in [0, 0.1) is 18.7 Å². The van der Waals surface area contributed by atoms with Crippen LogP contribution in [0.3, 0.4) is 0 Å². The van der Waals surface area contributed by atoms with E-state index < -0.39 is 47.6 Å². The van der Waals surface area contributed by atoms with Gasteiger partial charge in [0.2, 0.25) is 0 Å². The number of aromatic carboxylic acids is 1. The van der Waals surface area contributed by atoms with Gasteiger partial charge in [0, 0.05) is 19.1 Å². The molecule has 3 heterocycles. The third-order valence-electron chi connectivity index (χ3n) is 5.79. The molecule has 2 aromatic rings. The molecule has 1 saturated carbocycles. The third-order valence-corrected chi connectivity index (χ3v) is 5.79. The van der Waals surface area contributed by atoms with Crippen LogP contribution in [0.15, 0.2) is 17.1 Å². The minimum absolute atomic E-state index is 0.0309. The van der Waals surface area contributed by atoms with E-state index >= 15 is 0 Å². The van der Waals surface area contributed by atoms with E-state index in [1.54, 1.807) is 0 Å². The Balaban J connectivity index is 1.92. The fraction of sp³-hybridized carbons (Fsp3) is 0.474. The summed E-state index contributed by atoms with van der Waals surface area (Å²) in [5, 5.41) is 9.32. The van der Waals surface area contributed by atoms with Crippen molar-refractivity contribution in [3.63, 3.8) is 0 Å². The summed E-state index contributed by atoms with van der Waals surface area (Å²) >= 11 is 0. The number of rotatable bonds is 3. The number of carbonyl (C=O) groups is 1. The Hall–Kier alpha value is -2.62. The van der Waals surface area contributed by atoms with E-state index in [-0.39, 0.29) is 18.2 Å². The fourth-order valence-electron chi connectivity index (χ4n) is 4.25. The van der Waals surface area contributed by atoms with Gasteiger partial charge in [-0.3, -0.25) is 9.20 Å². The highest BCUT2D eigenvalue weighted by Crippen LogP contribution is 2.44. The summed E-state index contributed by atoms with van der Waals surface area (Å²) in [7, 11) is 0. The van der Waals surface area contributed by atoms with Crippen molar-refractivity contribution >= 4 is 17.2 Å². The lowest BCUT2D eigenvalue weighted by atomic mass is 10.0. The van der Waals surface area contributed by atoms with Gasteiger partial charge in [0.15, 0.2) is 5.82 Å². The third kappa shape index (κ3) is 3.15. The zero-order valence-electron chi connectivity index (χ0n) is 15.5. The summed E-state index contributed by atoms with van der Waals surface area (Å²) in [5.74, 6) is -4.05. The van der Waals surface area contributed by atoms with Crippen molar-refractivity contribution in [3.05, 3.63) is 45.1 Å². The van der Waals surface area contributed by atoms with Crippen LogP contribution in [0.5, 0.6) is 0 Å². The topological polar surface area (TPSA) is 88.0 Å². The van der Waals surface area contributed by atoms with Crippen molar-refractivity contribution in [2.45, 2.75) is 37.9 Å². The molecule has 0 bridgehead atoms. The van der Waals surface area contributed by atoms with Gasteiger partial charge in [-0.2, -0.15) is 13.2 Å². The van der Waals surface area contributed by atoms with Crippen LogP contribution < -0.4 is 16.2 Å². The van der Waals surface area contributed by atoms with Gasteiger partial charge in [-0.15, -0.1) is 0 Å². The quantitative estimate of drug-likeness (QED) is 0.756. The van der Waals surface area contributed by atoms with E-state index in [0.29, 0.717) is 16.6 Å². The zero-order chi connectivity index (χ0) is 21.2. The summed E-state index contributed by atoms with van der Waals surface area (Å²) in [6, 6.07) is 0.116. The number of halogens is 4.